The summed E-state index contributed by atoms with van der Waals surface area (Å²) in [5.41, 5.74) is 1.29. The highest BCUT2D eigenvalue weighted by atomic mass is 35.5. The van der Waals surface area contributed by atoms with E-state index in [1.165, 1.54) is 31.7 Å². The largest absolute Gasteiger partial charge is 0.309 e. The van der Waals surface area contributed by atoms with E-state index in [1.54, 1.807) is 0 Å². The summed E-state index contributed by atoms with van der Waals surface area (Å²) in [5.74, 6) is 0. The van der Waals surface area contributed by atoms with E-state index >= 15 is 0 Å². The fraction of sp³-hybridized carbons (Fsp3) is 0.625. The van der Waals surface area contributed by atoms with Gasteiger partial charge in [0.25, 0.3) is 0 Å². The lowest BCUT2D eigenvalue weighted by Gasteiger charge is -2.32. The lowest BCUT2D eigenvalue weighted by atomic mass is 10.0. The maximum absolute atomic E-state index is 6.07. The van der Waals surface area contributed by atoms with E-state index in [-0.39, 0.29) is 0 Å². The molecule has 1 fully saturated rings. The molecule has 0 saturated carbocycles. The zero-order valence-corrected chi connectivity index (χ0v) is 13.4. The Bertz CT molecular complexity index is 402. The topological polar surface area (TPSA) is 18.5 Å². The molecule has 1 aliphatic heterocycles. The molecule has 0 radical (unpaired) electrons. The Balaban J connectivity index is 1.76. The summed E-state index contributed by atoms with van der Waals surface area (Å²) in [6, 6.07) is 8.59. The molecule has 1 aliphatic rings. The average molecular weight is 296 g/mol. The maximum atomic E-state index is 6.07. The lowest BCUT2D eigenvalue weighted by Crippen LogP contribution is -2.46. The van der Waals surface area contributed by atoms with Crippen LogP contribution in [0.5, 0.6) is 0 Å². The molecule has 1 unspecified atom stereocenters. The third-order valence-corrected chi connectivity index (χ3v) is 4.31. The standard InChI is InChI=1S/C16H26ClN3/c1-3-16(14-5-4-6-15(17)13-14)18-7-8-20-11-9-19(2)10-12-20/h4-6,13,16,18H,3,7-12H2,1-2H3. The molecule has 1 aromatic carbocycles. The quantitative estimate of drug-likeness (QED) is 0.870. The van der Waals surface area contributed by atoms with Crippen molar-refractivity contribution in [2.45, 2.75) is 19.4 Å². The van der Waals surface area contributed by atoms with Crippen LogP contribution in [0.4, 0.5) is 0 Å². The van der Waals surface area contributed by atoms with Crippen molar-refractivity contribution < 1.29 is 0 Å². The van der Waals surface area contributed by atoms with Crippen LogP contribution in [0, 0.1) is 0 Å². The first kappa shape index (κ1) is 15.8. The number of benzene rings is 1. The molecular formula is C16H26ClN3. The first-order valence-electron chi connectivity index (χ1n) is 7.58. The van der Waals surface area contributed by atoms with Crippen LogP contribution >= 0.6 is 11.6 Å². The van der Waals surface area contributed by atoms with Gasteiger partial charge in [0.1, 0.15) is 0 Å². The monoisotopic (exact) mass is 295 g/mol. The number of hydrogen-bond donors (Lipinski definition) is 1. The molecule has 1 saturated heterocycles. The van der Waals surface area contributed by atoms with Crippen LogP contribution in [0.3, 0.4) is 0 Å². The van der Waals surface area contributed by atoms with Crippen LogP contribution in [-0.2, 0) is 0 Å². The lowest BCUT2D eigenvalue weighted by molar-refractivity contribution is 0.153. The van der Waals surface area contributed by atoms with E-state index in [0.29, 0.717) is 6.04 Å². The molecule has 1 heterocycles. The zero-order valence-electron chi connectivity index (χ0n) is 12.6. The average Bonchev–Trinajstić information content (AvgIpc) is 2.45. The van der Waals surface area contributed by atoms with Gasteiger partial charge in [-0.2, -0.15) is 0 Å². The molecule has 3 nitrogen and oxygen atoms in total. The second-order valence-electron chi connectivity index (χ2n) is 5.61. The summed E-state index contributed by atoms with van der Waals surface area (Å²) in [5, 5.41) is 4.48. The fourth-order valence-corrected chi connectivity index (χ4v) is 2.89. The van der Waals surface area contributed by atoms with Gasteiger partial charge in [0.2, 0.25) is 0 Å². The van der Waals surface area contributed by atoms with E-state index in [1.807, 2.05) is 12.1 Å². The van der Waals surface area contributed by atoms with Crippen LogP contribution in [-0.4, -0.2) is 56.1 Å². The molecule has 2 rings (SSSR count). The Morgan fingerprint density at radius 3 is 2.65 bits per heavy atom. The van der Waals surface area contributed by atoms with Gasteiger partial charge in [0.15, 0.2) is 0 Å². The minimum Gasteiger partial charge on any atom is -0.309 e. The van der Waals surface area contributed by atoms with E-state index in [2.05, 4.69) is 41.2 Å². The number of hydrogen-bond acceptors (Lipinski definition) is 3. The normalized spacial score (nSPS) is 19.1. The van der Waals surface area contributed by atoms with Gasteiger partial charge in [-0.25, -0.2) is 0 Å². The second-order valence-corrected chi connectivity index (χ2v) is 6.05. The van der Waals surface area contributed by atoms with Crippen molar-refractivity contribution in [3.8, 4) is 0 Å². The molecule has 0 amide bonds. The number of halogens is 1. The van der Waals surface area contributed by atoms with E-state index in [0.717, 1.165) is 24.5 Å². The zero-order chi connectivity index (χ0) is 14.4. The molecule has 20 heavy (non-hydrogen) atoms. The second kappa shape index (κ2) is 7.99. The van der Waals surface area contributed by atoms with Crippen LogP contribution in [0.2, 0.25) is 5.02 Å². The van der Waals surface area contributed by atoms with Gasteiger partial charge in [-0.15, -0.1) is 0 Å². The number of piperazine rings is 1. The Kier molecular flexibility index (Phi) is 6.30. The van der Waals surface area contributed by atoms with Crippen LogP contribution in [0.1, 0.15) is 24.9 Å². The Labute approximate surface area is 127 Å². The predicted octanol–water partition coefficient (Wildman–Crippen LogP) is 2.63. The summed E-state index contributed by atoms with van der Waals surface area (Å²) >= 11 is 6.07. The summed E-state index contributed by atoms with van der Waals surface area (Å²) < 4.78 is 0. The third-order valence-electron chi connectivity index (χ3n) is 4.07. The molecular weight excluding hydrogens is 270 g/mol. The first-order chi connectivity index (χ1) is 9.69. The molecule has 1 N–H and O–H groups in total. The van der Waals surface area contributed by atoms with Gasteiger partial charge < -0.3 is 10.2 Å². The summed E-state index contributed by atoms with van der Waals surface area (Å²) in [4.78, 5) is 4.93. The minimum absolute atomic E-state index is 0.404. The highest BCUT2D eigenvalue weighted by molar-refractivity contribution is 6.30. The van der Waals surface area contributed by atoms with Crippen molar-refractivity contribution in [3.63, 3.8) is 0 Å². The number of nitrogens with one attached hydrogen (secondary N) is 1. The fourth-order valence-electron chi connectivity index (χ4n) is 2.69. The van der Waals surface area contributed by atoms with Gasteiger partial charge in [-0.3, -0.25) is 4.90 Å². The maximum Gasteiger partial charge on any atom is 0.0409 e. The molecule has 0 aromatic heterocycles. The Morgan fingerprint density at radius 2 is 2.00 bits per heavy atom. The smallest absolute Gasteiger partial charge is 0.0409 e. The molecule has 1 aromatic rings. The van der Waals surface area contributed by atoms with Gasteiger partial charge in [-0.1, -0.05) is 30.7 Å². The van der Waals surface area contributed by atoms with Crippen molar-refractivity contribution in [3.05, 3.63) is 34.9 Å². The van der Waals surface area contributed by atoms with E-state index < -0.39 is 0 Å². The highest BCUT2D eigenvalue weighted by Gasteiger charge is 2.14. The molecule has 0 spiro atoms. The van der Waals surface area contributed by atoms with Crippen LogP contribution < -0.4 is 5.32 Å². The van der Waals surface area contributed by atoms with Crippen molar-refractivity contribution in [2.75, 3.05) is 46.3 Å². The molecule has 0 aliphatic carbocycles. The van der Waals surface area contributed by atoms with Crippen molar-refractivity contribution in [1.82, 2.24) is 15.1 Å². The number of nitrogens with zero attached hydrogens (tertiary/aromatic N) is 2. The molecule has 112 valence electrons. The first-order valence-corrected chi connectivity index (χ1v) is 7.96. The van der Waals surface area contributed by atoms with Gasteiger partial charge in [-0.05, 0) is 31.2 Å². The summed E-state index contributed by atoms with van der Waals surface area (Å²) in [6.45, 7) is 9.13. The van der Waals surface area contributed by atoms with E-state index in [4.69, 9.17) is 11.6 Å². The molecule has 4 heteroatoms. The Morgan fingerprint density at radius 1 is 1.25 bits per heavy atom. The van der Waals surface area contributed by atoms with Gasteiger partial charge >= 0.3 is 0 Å². The number of likely N-dealkylation sites (N-methyl/N-ethyl adjacent to an activating group) is 1. The molecule has 0 bridgehead atoms. The third kappa shape index (κ3) is 4.74. The van der Waals surface area contributed by atoms with Crippen LogP contribution in [0.25, 0.3) is 0 Å². The minimum atomic E-state index is 0.404. The highest BCUT2D eigenvalue weighted by Crippen LogP contribution is 2.20. The summed E-state index contributed by atoms with van der Waals surface area (Å²) in [7, 11) is 2.20. The van der Waals surface area contributed by atoms with Gasteiger partial charge in [0.05, 0.1) is 0 Å². The number of rotatable bonds is 6. The van der Waals surface area contributed by atoms with Crippen molar-refractivity contribution in [2.24, 2.45) is 0 Å². The Hall–Kier alpha value is -0.610. The van der Waals surface area contributed by atoms with Crippen molar-refractivity contribution in [1.29, 1.82) is 0 Å². The van der Waals surface area contributed by atoms with Crippen LogP contribution in [0.15, 0.2) is 24.3 Å². The SMILES string of the molecule is CCC(NCCN1CCN(C)CC1)c1cccc(Cl)c1. The summed E-state index contributed by atoms with van der Waals surface area (Å²) in [6.07, 6.45) is 1.09. The predicted molar refractivity (Wildman–Crippen MR) is 86.4 cm³/mol. The van der Waals surface area contributed by atoms with E-state index in [9.17, 15) is 0 Å². The van der Waals surface area contributed by atoms with Crippen molar-refractivity contribution >= 4 is 11.6 Å². The molecule has 1 atom stereocenters. The van der Waals surface area contributed by atoms with Gasteiger partial charge in [0, 0.05) is 50.3 Å².